The fourth-order valence-corrected chi connectivity index (χ4v) is 1.72. The molecule has 5 heteroatoms. The third-order valence-corrected chi connectivity index (χ3v) is 2.52. The largest absolute Gasteiger partial charge is 0.481 e. The number of carbonyl (C=O) groups is 1. The van der Waals surface area contributed by atoms with Crippen LogP contribution >= 0.6 is 0 Å². The van der Waals surface area contributed by atoms with Gasteiger partial charge in [-0.15, -0.1) is 0 Å². The molecule has 0 aliphatic carbocycles. The van der Waals surface area contributed by atoms with Gasteiger partial charge in [-0.3, -0.25) is 9.78 Å². The van der Waals surface area contributed by atoms with E-state index in [0.29, 0.717) is 0 Å². The maximum absolute atomic E-state index is 10.6. The molecule has 86 valence electrons. The molecule has 1 aliphatic heterocycles. The molecule has 2 heterocycles. The van der Waals surface area contributed by atoms with Crippen molar-refractivity contribution in [1.82, 2.24) is 4.98 Å². The minimum absolute atomic E-state index is 0.0458. The van der Waals surface area contributed by atoms with E-state index in [1.165, 1.54) is 0 Å². The number of hydrogen-bond acceptors (Lipinski definition) is 4. The summed E-state index contributed by atoms with van der Waals surface area (Å²) in [6, 6.07) is 3.63. The molecule has 0 bridgehead atoms. The Bertz CT molecular complexity index is 381. The molecule has 1 fully saturated rings. The zero-order valence-corrected chi connectivity index (χ0v) is 8.92. The first-order valence-electron chi connectivity index (χ1n) is 5.04. The van der Waals surface area contributed by atoms with Crippen LogP contribution in [-0.2, 0) is 20.1 Å². The van der Waals surface area contributed by atoms with Gasteiger partial charge in [-0.2, -0.15) is 0 Å². The van der Waals surface area contributed by atoms with Gasteiger partial charge in [0.15, 0.2) is 5.79 Å². The fourth-order valence-electron chi connectivity index (χ4n) is 1.72. The minimum Gasteiger partial charge on any atom is -0.481 e. The number of carboxylic acids is 1. The Balaban J connectivity index is 2.09. The molecule has 2 atom stereocenters. The molecule has 0 spiro atoms. The molecule has 1 aromatic rings. The molecule has 0 saturated carbocycles. The van der Waals surface area contributed by atoms with Crippen LogP contribution in [0.4, 0.5) is 0 Å². The quantitative estimate of drug-likeness (QED) is 0.832. The molecule has 5 nitrogen and oxygen atoms in total. The summed E-state index contributed by atoms with van der Waals surface area (Å²) in [6.07, 6.45) is 2.87. The van der Waals surface area contributed by atoms with Crippen molar-refractivity contribution in [2.75, 3.05) is 6.61 Å². The molecule has 16 heavy (non-hydrogen) atoms. The molecule has 1 saturated heterocycles. The van der Waals surface area contributed by atoms with Crippen molar-refractivity contribution in [3.63, 3.8) is 0 Å². The van der Waals surface area contributed by atoms with Crippen LogP contribution in [0.1, 0.15) is 18.9 Å². The van der Waals surface area contributed by atoms with Gasteiger partial charge >= 0.3 is 5.97 Å². The van der Waals surface area contributed by atoms with Gasteiger partial charge in [0.1, 0.15) is 0 Å². The van der Waals surface area contributed by atoms with Crippen molar-refractivity contribution in [3.8, 4) is 0 Å². The Hall–Kier alpha value is -1.46. The monoisotopic (exact) mass is 223 g/mol. The summed E-state index contributed by atoms with van der Waals surface area (Å²) >= 11 is 0. The van der Waals surface area contributed by atoms with Crippen LogP contribution < -0.4 is 0 Å². The second-order valence-corrected chi connectivity index (χ2v) is 3.84. The molecule has 0 amide bonds. The van der Waals surface area contributed by atoms with E-state index in [0.717, 1.165) is 5.56 Å². The van der Waals surface area contributed by atoms with Crippen LogP contribution in [0.5, 0.6) is 0 Å². The minimum atomic E-state index is -0.885. The fraction of sp³-hybridized carbons (Fsp3) is 0.455. The molecular formula is C11H13NO4. The first kappa shape index (κ1) is 11.0. The maximum Gasteiger partial charge on any atom is 0.306 e. The molecule has 0 aromatic carbocycles. The standard InChI is InChI=1S/C11H13NO4/c1-11(8-3-2-4-12-6-8)15-7-9(16-11)5-10(13)14/h2-4,6,9H,5,7H2,1H3,(H,13,14). The third-order valence-electron chi connectivity index (χ3n) is 2.52. The normalized spacial score (nSPS) is 29.2. The first-order chi connectivity index (χ1) is 7.60. The summed E-state index contributed by atoms with van der Waals surface area (Å²) in [4.78, 5) is 14.5. The smallest absolute Gasteiger partial charge is 0.306 e. The number of nitrogens with zero attached hydrogens (tertiary/aromatic N) is 1. The second kappa shape index (κ2) is 4.19. The first-order valence-corrected chi connectivity index (χ1v) is 5.04. The highest BCUT2D eigenvalue weighted by Gasteiger charge is 2.39. The van der Waals surface area contributed by atoms with E-state index < -0.39 is 17.9 Å². The molecule has 0 radical (unpaired) electrons. The van der Waals surface area contributed by atoms with Crippen LogP contribution in [0.2, 0.25) is 0 Å². The Labute approximate surface area is 93.0 Å². The van der Waals surface area contributed by atoms with Gasteiger partial charge in [0.2, 0.25) is 0 Å². The highest BCUT2D eigenvalue weighted by molar-refractivity contribution is 5.67. The molecule has 2 rings (SSSR count). The number of carboxylic acid groups (broad SMARTS) is 1. The molecule has 1 aliphatic rings. The van der Waals surface area contributed by atoms with E-state index >= 15 is 0 Å². The van der Waals surface area contributed by atoms with Gasteiger partial charge in [0, 0.05) is 18.0 Å². The number of hydrogen-bond donors (Lipinski definition) is 1. The summed E-state index contributed by atoms with van der Waals surface area (Å²) in [6.45, 7) is 2.06. The van der Waals surface area contributed by atoms with Crippen molar-refractivity contribution >= 4 is 5.97 Å². The highest BCUT2D eigenvalue weighted by Crippen LogP contribution is 2.34. The lowest BCUT2D eigenvalue weighted by Crippen LogP contribution is -2.24. The van der Waals surface area contributed by atoms with E-state index in [1.807, 2.05) is 6.07 Å². The molecule has 1 N–H and O–H groups in total. The second-order valence-electron chi connectivity index (χ2n) is 3.84. The van der Waals surface area contributed by atoms with E-state index in [1.54, 1.807) is 25.4 Å². The number of aromatic nitrogens is 1. The van der Waals surface area contributed by atoms with Gasteiger partial charge < -0.3 is 14.6 Å². The summed E-state index contributed by atoms with van der Waals surface area (Å²) in [5.41, 5.74) is 0.794. The van der Waals surface area contributed by atoms with Crippen LogP contribution in [0.15, 0.2) is 24.5 Å². The van der Waals surface area contributed by atoms with Crippen molar-refractivity contribution in [2.24, 2.45) is 0 Å². The van der Waals surface area contributed by atoms with Crippen LogP contribution in [0, 0.1) is 0 Å². The van der Waals surface area contributed by atoms with Gasteiger partial charge in [-0.1, -0.05) is 6.07 Å². The number of pyridine rings is 1. The average Bonchev–Trinajstić information content (AvgIpc) is 2.62. The lowest BCUT2D eigenvalue weighted by molar-refractivity contribution is -0.166. The summed E-state index contributed by atoms with van der Waals surface area (Å²) in [7, 11) is 0. The van der Waals surface area contributed by atoms with Gasteiger partial charge in [0.05, 0.1) is 19.1 Å². The summed E-state index contributed by atoms with van der Waals surface area (Å²) in [5.74, 6) is -1.77. The number of rotatable bonds is 3. The van der Waals surface area contributed by atoms with Crippen LogP contribution in [0.25, 0.3) is 0 Å². The van der Waals surface area contributed by atoms with Crippen LogP contribution in [0.3, 0.4) is 0 Å². The van der Waals surface area contributed by atoms with Crippen molar-refractivity contribution in [3.05, 3.63) is 30.1 Å². The predicted octanol–water partition coefficient (Wildman–Crippen LogP) is 1.14. The van der Waals surface area contributed by atoms with Crippen molar-refractivity contribution in [2.45, 2.75) is 25.2 Å². The highest BCUT2D eigenvalue weighted by atomic mass is 16.7. The number of ether oxygens (including phenoxy) is 2. The third kappa shape index (κ3) is 2.20. The lowest BCUT2D eigenvalue weighted by Gasteiger charge is -2.22. The maximum atomic E-state index is 10.6. The lowest BCUT2D eigenvalue weighted by atomic mass is 10.1. The van der Waals surface area contributed by atoms with Gasteiger partial charge in [-0.05, 0) is 13.0 Å². The zero-order valence-electron chi connectivity index (χ0n) is 8.92. The zero-order chi connectivity index (χ0) is 11.6. The van der Waals surface area contributed by atoms with E-state index in [4.69, 9.17) is 14.6 Å². The van der Waals surface area contributed by atoms with E-state index in [-0.39, 0.29) is 13.0 Å². The Morgan fingerprint density at radius 2 is 2.56 bits per heavy atom. The van der Waals surface area contributed by atoms with Crippen LogP contribution in [-0.4, -0.2) is 28.8 Å². The SMILES string of the molecule is CC1(c2cccnc2)OCC(CC(=O)O)O1. The van der Waals surface area contributed by atoms with Gasteiger partial charge in [0.25, 0.3) is 0 Å². The Morgan fingerprint density at radius 1 is 1.75 bits per heavy atom. The van der Waals surface area contributed by atoms with E-state index in [2.05, 4.69) is 4.98 Å². The van der Waals surface area contributed by atoms with E-state index in [9.17, 15) is 4.79 Å². The number of aliphatic carboxylic acids is 1. The van der Waals surface area contributed by atoms with Gasteiger partial charge in [-0.25, -0.2) is 0 Å². The average molecular weight is 223 g/mol. The molecule has 1 aromatic heterocycles. The topological polar surface area (TPSA) is 68.7 Å². The predicted molar refractivity (Wildman–Crippen MR) is 54.7 cm³/mol. The summed E-state index contributed by atoms with van der Waals surface area (Å²) in [5, 5.41) is 8.67. The Morgan fingerprint density at radius 3 is 3.19 bits per heavy atom. The van der Waals surface area contributed by atoms with Crippen molar-refractivity contribution in [1.29, 1.82) is 0 Å². The summed E-state index contributed by atoms with van der Waals surface area (Å²) < 4.78 is 11.1. The Kier molecular flexibility index (Phi) is 2.89. The molecule has 2 unspecified atom stereocenters. The molecular weight excluding hydrogens is 210 g/mol. The van der Waals surface area contributed by atoms with Crippen molar-refractivity contribution < 1.29 is 19.4 Å².